The number of nitrogens with one attached hydrogen (secondary N) is 1. The average Bonchev–Trinajstić information content (AvgIpc) is 2.63. The molecular formula is C18H24N4OS. The molecule has 2 aromatic rings. The van der Waals surface area contributed by atoms with Gasteiger partial charge in [-0.15, -0.1) is 11.8 Å². The van der Waals surface area contributed by atoms with Crippen molar-refractivity contribution in [1.82, 2.24) is 15.2 Å². The molecule has 5 nitrogen and oxygen atoms in total. The maximum absolute atomic E-state index is 5.15. The first-order valence-electron chi connectivity index (χ1n) is 7.70. The number of aliphatic imine (C=N–C) groups is 1. The van der Waals surface area contributed by atoms with E-state index in [9.17, 15) is 0 Å². The summed E-state index contributed by atoms with van der Waals surface area (Å²) in [6.07, 6.45) is 3.83. The van der Waals surface area contributed by atoms with E-state index >= 15 is 0 Å². The van der Waals surface area contributed by atoms with Crippen molar-refractivity contribution in [3.05, 3.63) is 53.7 Å². The summed E-state index contributed by atoms with van der Waals surface area (Å²) in [6.45, 7) is 1.47. The van der Waals surface area contributed by atoms with Crippen molar-refractivity contribution in [3.63, 3.8) is 0 Å². The largest absolute Gasteiger partial charge is 0.481 e. The number of aromatic nitrogens is 1. The van der Waals surface area contributed by atoms with Gasteiger partial charge >= 0.3 is 0 Å². The highest BCUT2D eigenvalue weighted by molar-refractivity contribution is 7.98. The van der Waals surface area contributed by atoms with Crippen LogP contribution in [0.3, 0.4) is 0 Å². The first-order chi connectivity index (χ1) is 11.7. The number of benzene rings is 1. The molecule has 0 aliphatic carbocycles. The second-order valence-corrected chi connectivity index (χ2v) is 6.19. The Labute approximate surface area is 148 Å². The molecule has 0 saturated heterocycles. The van der Waals surface area contributed by atoms with E-state index in [1.807, 2.05) is 19.2 Å². The van der Waals surface area contributed by atoms with Crippen LogP contribution in [0.25, 0.3) is 0 Å². The molecule has 6 heteroatoms. The highest BCUT2D eigenvalue weighted by Gasteiger charge is 2.07. The first kappa shape index (κ1) is 18.1. The van der Waals surface area contributed by atoms with Gasteiger partial charge in [0, 0.05) is 44.3 Å². The summed E-state index contributed by atoms with van der Waals surface area (Å²) in [7, 11) is 5.45. The van der Waals surface area contributed by atoms with E-state index in [1.165, 1.54) is 10.5 Å². The van der Waals surface area contributed by atoms with Gasteiger partial charge in [-0.25, -0.2) is 4.98 Å². The van der Waals surface area contributed by atoms with Crippen LogP contribution in [0.5, 0.6) is 5.88 Å². The smallest absolute Gasteiger partial charge is 0.213 e. The number of hydrogen-bond donors (Lipinski definition) is 1. The molecule has 128 valence electrons. The van der Waals surface area contributed by atoms with E-state index in [4.69, 9.17) is 4.74 Å². The third-order valence-corrected chi connectivity index (χ3v) is 4.35. The minimum atomic E-state index is 0.617. The van der Waals surface area contributed by atoms with Gasteiger partial charge in [-0.2, -0.15) is 0 Å². The van der Waals surface area contributed by atoms with Gasteiger partial charge in [0.15, 0.2) is 5.96 Å². The minimum Gasteiger partial charge on any atom is -0.481 e. The molecule has 1 aromatic heterocycles. The lowest BCUT2D eigenvalue weighted by Crippen LogP contribution is -2.38. The van der Waals surface area contributed by atoms with Crippen LogP contribution >= 0.6 is 11.8 Å². The van der Waals surface area contributed by atoms with E-state index in [0.29, 0.717) is 12.4 Å². The Bertz CT molecular complexity index is 673. The second kappa shape index (κ2) is 9.17. The molecule has 0 radical (unpaired) electrons. The molecule has 24 heavy (non-hydrogen) atoms. The van der Waals surface area contributed by atoms with Crippen molar-refractivity contribution in [2.24, 2.45) is 4.99 Å². The third-order valence-electron chi connectivity index (χ3n) is 3.61. The topological polar surface area (TPSA) is 49.8 Å². The van der Waals surface area contributed by atoms with Gasteiger partial charge in [-0.3, -0.25) is 4.99 Å². The number of methoxy groups -OCH3 is 1. The van der Waals surface area contributed by atoms with Crippen molar-refractivity contribution >= 4 is 17.7 Å². The SMILES string of the molecule is CN=C(NCc1ccnc(OC)c1)N(C)Cc1ccc(SC)cc1. The lowest BCUT2D eigenvalue weighted by molar-refractivity contribution is 0.397. The Morgan fingerprint density at radius 2 is 2.00 bits per heavy atom. The molecule has 2 rings (SSSR count). The predicted molar refractivity (Wildman–Crippen MR) is 101 cm³/mol. The Morgan fingerprint density at radius 3 is 2.62 bits per heavy atom. The summed E-state index contributed by atoms with van der Waals surface area (Å²) in [5.41, 5.74) is 2.35. The summed E-state index contributed by atoms with van der Waals surface area (Å²) >= 11 is 1.75. The third kappa shape index (κ3) is 5.16. The number of nitrogens with zero attached hydrogens (tertiary/aromatic N) is 3. The highest BCUT2D eigenvalue weighted by Crippen LogP contribution is 2.15. The molecule has 0 aliphatic heterocycles. The Hall–Kier alpha value is -2.21. The van der Waals surface area contributed by atoms with E-state index in [2.05, 4.69) is 50.7 Å². The molecule has 0 amide bonds. The Kier molecular flexibility index (Phi) is 6.93. The Morgan fingerprint density at radius 1 is 1.25 bits per heavy atom. The molecule has 1 heterocycles. The highest BCUT2D eigenvalue weighted by atomic mass is 32.2. The van der Waals surface area contributed by atoms with Gasteiger partial charge in [0.25, 0.3) is 0 Å². The molecule has 0 aliphatic rings. The van der Waals surface area contributed by atoms with Crippen LogP contribution in [-0.2, 0) is 13.1 Å². The summed E-state index contributed by atoms with van der Waals surface area (Å²) in [5.74, 6) is 1.46. The molecule has 0 spiro atoms. The van der Waals surface area contributed by atoms with Crippen molar-refractivity contribution in [3.8, 4) is 5.88 Å². The van der Waals surface area contributed by atoms with Crippen LogP contribution in [0.2, 0.25) is 0 Å². The van der Waals surface area contributed by atoms with Crippen molar-refractivity contribution in [2.45, 2.75) is 18.0 Å². The number of pyridine rings is 1. The Balaban J connectivity index is 1.94. The van der Waals surface area contributed by atoms with Crippen molar-refractivity contribution in [2.75, 3.05) is 27.5 Å². The zero-order valence-electron chi connectivity index (χ0n) is 14.6. The van der Waals surface area contributed by atoms with Crippen LogP contribution in [-0.4, -0.2) is 43.3 Å². The second-order valence-electron chi connectivity index (χ2n) is 5.31. The summed E-state index contributed by atoms with van der Waals surface area (Å²) in [6, 6.07) is 12.5. The van der Waals surface area contributed by atoms with E-state index in [-0.39, 0.29) is 0 Å². The lowest BCUT2D eigenvalue weighted by Gasteiger charge is -2.22. The zero-order chi connectivity index (χ0) is 17.4. The van der Waals surface area contributed by atoms with Gasteiger partial charge in [0.1, 0.15) is 0 Å². The minimum absolute atomic E-state index is 0.617. The molecule has 0 atom stereocenters. The zero-order valence-corrected chi connectivity index (χ0v) is 15.4. The van der Waals surface area contributed by atoms with Crippen LogP contribution in [0.4, 0.5) is 0 Å². The number of ether oxygens (including phenoxy) is 1. The van der Waals surface area contributed by atoms with Crippen LogP contribution in [0, 0.1) is 0 Å². The number of thioether (sulfide) groups is 1. The number of guanidine groups is 1. The maximum Gasteiger partial charge on any atom is 0.213 e. The fourth-order valence-corrected chi connectivity index (χ4v) is 2.73. The van der Waals surface area contributed by atoms with E-state index in [1.54, 1.807) is 32.1 Å². The van der Waals surface area contributed by atoms with Crippen LogP contribution < -0.4 is 10.1 Å². The van der Waals surface area contributed by atoms with Crippen molar-refractivity contribution in [1.29, 1.82) is 0 Å². The van der Waals surface area contributed by atoms with E-state index in [0.717, 1.165) is 18.1 Å². The summed E-state index contributed by atoms with van der Waals surface area (Å²) in [5, 5.41) is 3.37. The fraction of sp³-hybridized carbons (Fsp3) is 0.333. The fourth-order valence-electron chi connectivity index (χ4n) is 2.32. The molecule has 0 saturated carbocycles. The standard InChI is InChI=1S/C18H24N4OS/c1-19-18(21-12-15-9-10-20-17(11-15)23-3)22(2)13-14-5-7-16(24-4)8-6-14/h5-11H,12-13H2,1-4H3,(H,19,21). The van der Waals surface area contributed by atoms with E-state index < -0.39 is 0 Å². The molecule has 1 N–H and O–H groups in total. The monoisotopic (exact) mass is 344 g/mol. The molecule has 0 bridgehead atoms. The molecular weight excluding hydrogens is 320 g/mol. The first-order valence-corrected chi connectivity index (χ1v) is 8.92. The normalized spacial score (nSPS) is 11.2. The predicted octanol–water partition coefficient (Wildman–Crippen LogP) is 3.02. The molecule has 0 fully saturated rings. The maximum atomic E-state index is 5.15. The van der Waals surface area contributed by atoms with Gasteiger partial charge < -0.3 is 15.0 Å². The van der Waals surface area contributed by atoms with Crippen LogP contribution in [0.15, 0.2) is 52.5 Å². The van der Waals surface area contributed by atoms with Crippen molar-refractivity contribution < 1.29 is 4.74 Å². The van der Waals surface area contributed by atoms with Gasteiger partial charge in [0.05, 0.1) is 7.11 Å². The van der Waals surface area contributed by atoms with Gasteiger partial charge in [0.2, 0.25) is 5.88 Å². The number of hydrogen-bond acceptors (Lipinski definition) is 4. The molecule has 0 unspecified atom stereocenters. The number of rotatable bonds is 6. The summed E-state index contributed by atoms with van der Waals surface area (Å²) in [4.78, 5) is 11.9. The van der Waals surface area contributed by atoms with Gasteiger partial charge in [-0.05, 0) is 35.6 Å². The summed E-state index contributed by atoms with van der Waals surface area (Å²) < 4.78 is 5.15. The van der Waals surface area contributed by atoms with Gasteiger partial charge in [-0.1, -0.05) is 12.1 Å². The average molecular weight is 344 g/mol. The quantitative estimate of drug-likeness (QED) is 0.496. The van der Waals surface area contributed by atoms with Crippen LogP contribution in [0.1, 0.15) is 11.1 Å². The molecule has 1 aromatic carbocycles. The lowest BCUT2D eigenvalue weighted by atomic mass is 10.2.